The summed E-state index contributed by atoms with van der Waals surface area (Å²) < 4.78 is 10.5. The van der Waals surface area contributed by atoms with Crippen molar-refractivity contribution in [1.82, 2.24) is 16.0 Å². The fraction of sp³-hybridized carbons (Fsp3) is 0.294. The van der Waals surface area contributed by atoms with Crippen LogP contribution in [0.3, 0.4) is 0 Å². The molecule has 3 amide bonds. The molecule has 0 spiro atoms. The standard InChI is InChI=1S/C17H21N3O4/c1-13-4-2-5-14(12-13)23-11-9-20-17(22)19-8-7-18-16(21)15-6-3-10-24-15/h2-6,10,12H,7-9,11H2,1H3,(H,18,21)(H2,19,20,22). The molecule has 0 bridgehead atoms. The van der Waals surface area contributed by atoms with E-state index in [0.717, 1.165) is 11.3 Å². The number of ether oxygens (including phenoxy) is 1. The molecule has 7 nitrogen and oxygen atoms in total. The number of carbonyl (C=O) groups is 2. The minimum atomic E-state index is -0.311. The van der Waals surface area contributed by atoms with E-state index in [1.165, 1.54) is 6.26 Å². The first kappa shape index (κ1) is 17.4. The second kappa shape index (κ2) is 9.24. The van der Waals surface area contributed by atoms with Gasteiger partial charge in [-0.05, 0) is 36.8 Å². The van der Waals surface area contributed by atoms with Crippen molar-refractivity contribution in [2.75, 3.05) is 26.2 Å². The summed E-state index contributed by atoms with van der Waals surface area (Å²) in [5.41, 5.74) is 1.12. The molecule has 0 radical (unpaired) electrons. The Morgan fingerprint density at radius 2 is 1.83 bits per heavy atom. The Morgan fingerprint density at radius 1 is 1.04 bits per heavy atom. The molecule has 0 saturated heterocycles. The fourth-order valence-corrected chi connectivity index (χ4v) is 1.95. The van der Waals surface area contributed by atoms with Gasteiger partial charge in [0.15, 0.2) is 5.76 Å². The van der Waals surface area contributed by atoms with E-state index in [9.17, 15) is 9.59 Å². The number of benzene rings is 1. The molecule has 1 aromatic heterocycles. The van der Waals surface area contributed by atoms with Gasteiger partial charge in [0.05, 0.1) is 12.8 Å². The van der Waals surface area contributed by atoms with Crippen LogP contribution < -0.4 is 20.7 Å². The van der Waals surface area contributed by atoms with E-state index < -0.39 is 0 Å². The molecule has 2 aromatic rings. The molecule has 0 aliphatic carbocycles. The minimum Gasteiger partial charge on any atom is -0.492 e. The summed E-state index contributed by atoms with van der Waals surface area (Å²) in [4.78, 5) is 23.1. The molecular formula is C17H21N3O4. The van der Waals surface area contributed by atoms with Crippen LogP contribution in [0.5, 0.6) is 5.75 Å². The van der Waals surface area contributed by atoms with Crippen LogP contribution in [0.2, 0.25) is 0 Å². The lowest BCUT2D eigenvalue weighted by atomic mass is 10.2. The zero-order valence-electron chi connectivity index (χ0n) is 13.5. The number of nitrogens with one attached hydrogen (secondary N) is 3. The summed E-state index contributed by atoms with van der Waals surface area (Å²) in [5.74, 6) is 0.708. The molecule has 2 rings (SSSR count). The van der Waals surface area contributed by atoms with E-state index in [0.29, 0.717) is 26.2 Å². The van der Waals surface area contributed by atoms with Crippen LogP contribution in [0, 0.1) is 6.92 Å². The lowest BCUT2D eigenvalue weighted by molar-refractivity contribution is 0.0926. The SMILES string of the molecule is Cc1cccc(OCCNC(=O)NCCNC(=O)c2ccco2)c1. The highest BCUT2D eigenvalue weighted by Gasteiger charge is 2.07. The average Bonchev–Trinajstić information content (AvgIpc) is 3.10. The summed E-state index contributed by atoms with van der Waals surface area (Å²) in [6, 6.07) is 10.6. The van der Waals surface area contributed by atoms with Crippen molar-refractivity contribution >= 4 is 11.9 Å². The number of amides is 3. The Bertz CT molecular complexity index is 656. The van der Waals surface area contributed by atoms with Gasteiger partial charge in [-0.3, -0.25) is 4.79 Å². The predicted molar refractivity (Wildman–Crippen MR) is 89.1 cm³/mol. The molecule has 0 unspecified atom stereocenters. The Hall–Kier alpha value is -2.96. The Morgan fingerprint density at radius 3 is 2.58 bits per heavy atom. The van der Waals surface area contributed by atoms with E-state index in [2.05, 4.69) is 16.0 Å². The number of hydrogen-bond acceptors (Lipinski definition) is 4. The molecule has 0 aliphatic rings. The van der Waals surface area contributed by atoms with Gasteiger partial charge in [-0.25, -0.2) is 4.79 Å². The van der Waals surface area contributed by atoms with Crippen LogP contribution in [0.15, 0.2) is 47.1 Å². The second-order valence-electron chi connectivity index (χ2n) is 5.08. The smallest absolute Gasteiger partial charge is 0.314 e. The van der Waals surface area contributed by atoms with Crippen molar-refractivity contribution in [1.29, 1.82) is 0 Å². The summed E-state index contributed by atoms with van der Waals surface area (Å²) in [5, 5.41) is 7.95. The van der Waals surface area contributed by atoms with E-state index in [1.807, 2.05) is 31.2 Å². The second-order valence-corrected chi connectivity index (χ2v) is 5.08. The molecule has 0 fully saturated rings. The molecule has 1 heterocycles. The van der Waals surface area contributed by atoms with Gasteiger partial charge < -0.3 is 25.1 Å². The van der Waals surface area contributed by atoms with Crippen molar-refractivity contribution in [3.05, 3.63) is 54.0 Å². The van der Waals surface area contributed by atoms with Crippen molar-refractivity contribution in [3.63, 3.8) is 0 Å². The van der Waals surface area contributed by atoms with Gasteiger partial charge in [-0.15, -0.1) is 0 Å². The monoisotopic (exact) mass is 331 g/mol. The zero-order valence-corrected chi connectivity index (χ0v) is 13.5. The summed E-state index contributed by atoms with van der Waals surface area (Å²) in [7, 11) is 0. The van der Waals surface area contributed by atoms with Crippen LogP contribution in [0.25, 0.3) is 0 Å². The Kier molecular flexibility index (Phi) is 6.70. The molecule has 7 heteroatoms. The number of furan rings is 1. The lowest BCUT2D eigenvalue weighted by Gasteiger charge is -2.09. The molecule has 128 valence electrons. The molecule has 0 atom stereocenters. The third-order valence-corrected chi connectivity index (χ3v) is 3.09. The van der Waals surface area contributed by atoms with Crippen molar-refractivity contribution in [3.8, 4) is 5.75 Å². The molecule has 24 heavy (non-hydrogen) atoms. The number of hydrogen-bond donors (Lipinski definition) is 3. The number of rotatable bonds is 8. The highest BCUT2D eigenvalue weighted by molar-refractivity contribution is 5.91. The minimum absolute atomic E-state index is 0.243. The van der Waals surface area contributed by atoms with Crippen LogP contribution in [0.4, 0.5) is 4.79 Å². The fourth-order valence-electron chi connectivity index (χ4n) is 1.95. The zero-order chi connectivity index (χ0) is 17.2. The molecular weight excluding hydrogens is 310 g/mol. The van der Waals surface area contributed by atoms with Crippen molar-refractivity contribution < 1.29 is 18.7 Å². The summed E-state index contributed by atoms with van der Waals surface area (Å²) in [6.07, 6.45) is 1.43. The number of urea groups is 1. The van der Waals surface area contributed by atoms with Crippen LogP contribution >= 0.6 is 0 Å². The largest absolute Gasteiger partial charge is 0.492 e. The maximum atomic E-state index is 11.6. The van der Waals surface area contributed by atoms with Gasteiger partial charge in [0.2, 0.25) is 0 Å². The van der Waals surface area contributed by atoms with E-state index >= 15 is 0 Å². The third kappa shape index (κ3) is 6.04. The van der Waals surface area contributed by atoms with Gasteiger partial charge >= 0.3 is 6.03 Å². The highest BCUT2D eigenvalue weighted by Crippen LogP contribution is 2.11. The maximum Gasteiger partial charge on any atom is 0.314 e. The summed E-state index contributed by atoms with van der Waals surface area (Å²) >= 11 is 0. The number of aryl methyl sites for hydroxylation is 1. The predicted octanol–water partition coefficient (Wildman–Crippen LogP) is 1.70. The lowest BCUT2D eigenvalue weighted by Crippen LogP contribution is -2.41. The average molecular weight is 331 g/mol. The molecule has 0 saturated carbocycles. The van der Waals surface area contributed by atoms with Gasteiger partial charge in [0, 0.05) is 13.1 Å². The summed E-state index contributed by atoms with van der Waals surface area (Å²) in [6.45, 7) is 3.39. The molecule has 0 aliphatic heterocycles. The van der Waals surface area contributed by atoms with Crippen molar-refractivity contribution in [2.45, 2.75) is 6.92 Å². The van der Waals surface area contributed by atoms with Crippen LogP contribution in [-0.2, 0) is 0 Å². The van der Waals surface area contributed by atoms with Crippen LogP contribution in [0.1, 0.15) is 16.1 Å². The van der Waals surface area contributed by atoms with Gasteiger partial charge in [-0.2, -0.15) is 0 Å². The number of carbonyl (C=O) groups excluding carboxylic acids is 2. The van der Waals surface area contributed by atoms with E-state index in [1.54, 1.807) is 12.1 Å². The Labute approximate surface area is 140 Å². The maximum absolute atomic E-state index is 11.6. The first-order valence-corrected chi connectivity index (χ1v) is 7.68. The van der Waals surface area contributed by atoms with Gasteiger partial charge in [0.25, 0.3) is 5.91 Å². The first-order valence-electron chi connectivity index (χ1n) is 7.68. The van der Waals surface area contributed by atoms with Crippen molar-refractivity contribution in [2.24, 2.45) is 0 Å². The van der Waals surface area contributed by atoms with Gasteiger partial charge in [0.1, 0.15) is 12.4 Å². The topological polar surface area (TPSA) is 92.6 Å². The third-order valence-electron chi connectivity index (χ3n) is 3.09. The quantitative estimate of drug-likeness (QED) is 0.642. The highest BCUT2D eigenvalue weighted by atomic mass is 16.5. The normalized spacial score (nSPS) is 10.0. The van der Waals surface area contributed by atoms with Crippen LogP contribution in [-0.4, -0.2) is 38.2 Å². The van der Waals surface area contributed by atoms with E-state index in [4.69, 9.17) is 9.15 Å². The van der Waals surface area contributed by atoms with Gasteiger partial charge in [-0.1, -0.05) is 12.1 Å². The molecule has 3 N–H and O–H groups in total. The molecule has 1 aromatic carbocycles. The first-order chi connectivity index (χ1) is 11.6. The Balaban J connectivity index is 1.51. The van der Waals surface area contributed by atoms with E-state index in [-0.39, 0.29) is 17.7 Å².